The molecule has 1 aromatic heterocycles. The Morgan fingerprint density at radius 2 is 1.90 bits per heavy atom. The van der Waals surface area contributed by atoms with Gasteiger partial charge in [-0.25, -0.2) is 0 Å². The zero-order chi connectivity index (χ0) is 20.5. The molecule has 2 atom stereocenters. The lowest BCUT2D eigenvalue weighted by Gasteiger charge is -2.60. The predicted octanol–water partition coefficient (Wildman–Crippen LogP) is 5.62. The highest BCUT2D eigenvalue weighted by atomic mass is 79.9. The Morgan fingerprint density at radius 1 is 1.17 bits per heavy atom. The number of fused-ring (bicyclic) bond motifs is 1. The van der Waals surface area contributed by atoms with E-state index in [-0.39, 0.29) is 9.74 Å². The molecule has 5 heteroatoms. The van der Waals surface area contributed by atoms with Crippen LogP contribution < -0.4 is 4.74 Å². The van der Waals surface area contributed by atoms with Crippen LogP contribution in [0.1, 0.15) is 62.8 Å². The summed E-state index contributed by atoms with van der Waals surface area (Å²) in [4.78, 5) is 19.4. The number of piperidine rings is 1. The maximum atomic E-state index is 13.8. The molecule has 1 aliphatic heterocycles. The van der Waals surface area contributed by atoms with E-state index in [0.29, 0.717) is 11.8 Å². The lowest BCUT2D eigenvalue weighted by Crippen LogP contribution is -2.59. The predicted molar refractivity (Wildman–Crippen MR) is 122 cm³/mol. The highest BCUT2D eigenvalue weighted by Gasteiger charge is 2.60. The molecule has 30 heavy (non-hydrogen) atoms. The van der Waals surface area contributed by atoms with E-state index in [0.717, 1.165) is 62.8 Å². The third-order valence-electron chi connectivity index (χ3n) is 8.59. The van der Waals surface area contributed by atoms with Crippen molar-refractivity contribution in [3.05, 3.63) is 30.0 Å². The van der Waals surface area contributed by atoms with Gasteiger partial charge >= 0.3 is 0 Å². The molecule has 1 N–H and O–H groups in total. The Morgan fingerprint density at radius 3 is 2.57 bits per heavy atom. The SMILES string of the molecule is COc1ccc2[nH]cc(C3CCN(C(=O)C45CC6CC(CC(Br)(C6)C4)C5)CC3)c2c1. The van der Waals surface area contributed by atoms with E-state index in [2.05, 4.69) is 44.1 Å². The number of halogens is 1. The number of ether oxygens (including phenoxy) is 1. The molecule has 4 nitrogen and oxygen atoms in total. The zero-order valence-electron chi connectivity index (χ0n) is 17.8. The maximum Gasteiger partial charge on any atom is 0.228 e. The number of hydrogen-bond acceptors (Lipinski definition) is 2. The van der Waals surface area contributed by atoms with Gasteiger partial charge in [0.1, 0.15) is 5.75 Å². The number of aromatic amines is 1. The van der Waals surface area contributed by atoms with E-state index < -0.39 is 0 Å². The minimum absolute atomic E-state index is 0.0748. The summed E-state index contributed by atoms with van der Waals surface area (Å²) in [7, 11) is 1.72. The van der Waals surface area contributed by atoms with Crippen LogP contribution in [0.4, 0.5) is 0 Å². The van der Waals surface area contributed by atoms with Gasteiger partial charge in [0, 0.05) is 34.5 Å². The largest absolute Gasteiger partial charge is 0.497 e. The van der Waals surface area contributed by atoms with E-state index >= 15 is 0 Å². The zero-order valence-corrected chi connectivity index (χ0v) is 19.3. The van der Waals surface area contributed by atoms with E-state index in [1.807, 2.05) is 6.07 Å². The van der Waals surface area contributed by atoms with Crippen LogP contribution in [-0.4, -0.2) is 40.3 Å². The van der Waals surface area contributed by atoms with Crippen LogP contribution in [0.15, 0.2) is 24.4 Å². The van der Waals surface area contributed by atoms with Gasteiger partial charge in [0.25, 0.3) is 0 Å². The van der Waals surface area contributed by atoms with Crippen molar-refractivity contribution in [1.29, 1.82) is 0 Å². The third kappa shape index (κ3) is 2.95. The van der Waals surface area contributed by atoms with E-state index in [9.17, 15) is 4.79 Å². The molecule has 1 aromatic carbocycles. The fraction of sp³-hybridized carbons (Fsp3) is 0.640. The van der Waals surface area contributed by atoms with Gasteiger partial charge in [0.05, 0.1) is 12.5 Å². The van der Waals surface area contributed by atoms with Gasteiger partial charge in [-0.2, -0.15) is 0 Å². The number of rotatable bonds is 3. The normalized spacial score (nSPS) is 35.9. The monoisotopic (exact) mass is 470 g/mol. The number of benzene rings is 1. The molecule has 5 fully saturated rings. The van der Waals surface area contributed by atoms with E-state index in [1.54, 1.807) is 7.11 Å². The fourth-order valence-electron chi connectivity index (χ4n) is 7.72. The van der Waals surface area contributed by atoms with E-state index in [1.165, 1.54) is 35.7 Å². The minimum atomic E-state index is -0.0748. The molecule has 0 spiro atoms. The van der Waals surface area contributed by atoms with Crippen LogP contribution >= 0.6 is 15.9 Å². The van der Waals surface area contributed by atoms with Crippen molar-refractivity contribution in [3.8, 4) is 5.75 Å². The molecule has 1 saturated heterocycles. The second kappa shape index (κ2) is 6.75. The van der Waals surface area contributed by atoms with Crippen LogP contribution in [-0.2, 0) is 4.79 Å². The Kier molecular flexibility index (Phi) is 4.32. The lowest BCUT2D eigenvalue weighted by atomic mass is 9.49. The lowest BCUT2D eigenvalue weighted by molar-refractivity contribution is -0.156. The molecule has 4 aliphatic carbocycles. The molecular weight excluding hydrogens is 440 g/mol. The van der Waals surface area contributed by atoms with Gasteiger partial charge in [-0.1, -0.05) is 15.9 Å². The van der Waals surface area contributed by atoms with Gasteiger partial charge < -0.3 is 14.6 Å². The summed E-state index contributed by atoms with van der Waals surface area (Å²) >= 11 is 4.07. The average molecular weight is 471 g/mol. The molecule has 0 radical (unpaired) electrons. The number of carbonyl (C=O) groups is 1. The topological polar surface area (TPSA) is 45.3 Å². The van der Waals surface area contributed by atoms with Crippen LogP contribution in [0.5, 0.6) is 5.75 Å². The summed E-state index contributed by atoms with van der Waals surface area (Å²) in [6.07, 6.45) is 11.5. The summed E-state index contributed by atoms with van der Waals surface area (Å²) < 4.78 is 5.68. The molecule has 4 saturated carbocycles. The van der Waals surface area contributed by atoms with Crippen molar-refractivity contribution in [2.45, 2.75) is 61.6 Å². The van der Waals surface area contributed by atoms with Crippen LogP contribution in [0, 0.1) is 17.3 Å². The standard InChI is InChI=1S/C25H31BrN2O2/c1-30-19-2-3-22-20(9-19)21(14-27-22)18-4-6-28(7-5-18)23(29)24-10-16-8-17(11-24)13-25(26,12-16)15-24/h2-3,9,14,16-18,27H,4-8,10-13,15H2,1H3. The smallest absolute Gasteiger partial charge is 0.228 e. The highest BCUT2D eigenvalue weighted by Crippen LogP contribution is 2.65. The Bertz CT molecular complexity index is 976. The Hall–Kier alpha value is -1.49. The second-order valence-corrected chi connectivity index (χ2v) is 12.3. The molecule has 160 valence electrons. The Balaban J connectivity index is 1.19. The fourth-order valence-corrected chi connectivity index (χ4v) is 9.17. The molecular formula is C25H31BrN2O2. The number of hydrogen-bond donors (Lipinski definition) is 1. The molecule has 4 bridgehead atoms. The van der Waals surface area contributed by atoms with Crippen LogP contribution in [0.2, 0.25) is 0 Å². The Labute approximate surface area is 186 Å². The molecule has 5 aliphatic rings. The number of amides is 1. The summed E-state index contributed by atoms with van der Waals surface area (Å²) in [5.41, 5.74) is 2.47. The highest BCUT2D eigenvalue weighted by molar-refractivity contribution is 9.10. The van der Waals surface area contributed by atoms with Gasteiger partial charge in [0.15, 0.2) is 0 Å². The summed E-state index contributed by atoms with van der Waals surface area (Å²) in [6, 6.07) is 6.25. The average Bonchev–Trinajstić information content (AvgIpc) is 3.14. The number of alkyl halides is 1. The van der Waals surface area contributed by atoms with Gasteiger partial charge in [-0.05, 0) is 92.9 Å². The molecule has 7 rings (SSSR count). The first kappa shape index (κ1) is 19.2. The van der Waals surface area contributed by atoms with Gasteiger partial charge in [-0.3, -0.25) is 4.79 Å². The molecule has 2 aromatic rings. The van der Waals surface area contributed by atoms with Crippen molar-refractivity contribution < 1.29 is 9.53 Å². The van der Waals surface area contributed by atoms with Crippen molar-refractivity contribution in [1.82, 2.24) is 9.88 Å². The number of aromatic nitrogens is 1. The van der Waals surface area contributed by atoms with Crippen LogP contribution in [0.3, 0.4) is 0 Å². The van der Waals surface area contributed by atoms with Crippen molar-refractivity contribution in [3.63, 3.8) is 0 Å². The molecule has 1 amide bonds. The van der Waals surface area contributed by atoms with Crippen molar-refractivity contribution in [2.24, 2.45) is 17.3 Å². The van der Waals surface area contributed by atoms with Crippen molar-refractivity contribution in [2.75, 3.05) is 20.2 Å². The summed E-state index contributed by atoms with van der Waals surface area (Å²) in [5.74, 6) is 3.40. The maximum absolute atomic E-state index is 13.8. The first-order valence-corrected chi connectivity index (χ1v) is 12.4. The third-order valence-corrected chi connectivity index (χ3v) is 9.51. The van der Waals surface area contributed by atoms with Gasteiger partial charge in [-0.15, -0.1) is 0 Å². The second-order valence-electron chi connectivity index (χ2n) is 10.6. The van der Waals surface area contributed by atoms with Crippen LogP contribution in [0.25, 0.3) is 10.9 Å². The summed E-state index contributed by atoms with van der Waals surface area (Å²) in [5, 5.41) is 1.27. The number of methoxy groups -OCH3 is 1. The first-order chi connectivity index (χ1) is 14.5. The van der Waals surface area contributed by atoms with E-state index in [4.69, 9.17) is 4.74 Å². The van der Waals surface area contributed by atoms with Crippen molar-refractivity contribution >= 4 is 32.7 Å². The first-order valence-electron chi connectivity index (χ1n) is 11.6. The van der Waals surface area contributed by atoms with Gasteiger partial charge in [0.2, 0.25) is 5.91 Å². The quantitative estimate of drug-likeness (QED) is 0.591. The molecule has 2 unspecified atom stereocenters. The number of nitrogens with one attached hydrogen (secondary N) is 1. The number of carbonyl (C=O) groups excluding carboxylic acids is 1. The summed E-state index contributed by atoms with van der Waals surface area (Å²) in [6.45, 7) is 1.79. The number of nitrogens with zero attached hydrogens (tertiary/aromatic N) is 1. The molecule has 2 heterocycles. The minimum Gasteiger partial charge on any atom is -0.497 e. The number of H-pyrrole nitrogens is 1. The number of likely N-dealkylation sites (tertiary alicyclic amines) is 1.